The van der Waals surface area contributed by atoms with E-state index in [0.29, 0.717) is 25.6 Å². The second kappa shape index (κ2) is 6.26. The van der Waals surface area contributed by atoms with E-state index in [2.05, 4.69) is 20.7 Å². The number of benzene rings is 1. The third kappa shape index (κ3) is 3.43. The Hall–Kier alpha value is -0.600. The van der Waals surface area contributed by atoms with Crippen molar-refractivity contribution in [2.75, 3.05) is 4.72 Å². The standard InChI is InChI=1S/C13H14BrClN2O2S2/c1-7-3-9(14)11(4-10(7)15)17-21(18,19)13-8(2)6-20-12(13)5-16/h3-4,6,17H,5,16H2,1-2H3. The summed E-state index contributed by atoms with van der Waals surface area (Å²) in [6, 6.07) is 3.35. The molecule has 0 bridgehead atoms. The zero-order valence-corrected chi connectivity index (χ0v) is 15.4. The molecule has 114 valence electrons. The van der Waals surface area contributed by atoms with Gasteiger partial charge in [0.15, 0.2) is 0 Å². The predicted molar refractivity (Wildman–Crippen MR) is 91.6 cm³/mol. The van der Waals surface area contributed by atoms with E-state index >= 15 is 0 Å². The van der Waals surface area contributed by atoms with Crippen molar-refractivity contribution in [3.05, 3.63) is 43.0 Å². The van der Waals surface area contributed by atoms with Gasteiger partial charge in [0, 0.05) is 20.9 Å². The summed E-state index contributed by atoms with van der Waals surface area (Å²) in [5.41, 5.74) is 7.56. The van der Waals surface area contributed by atoms with Gasteiger partial charge in [-0.05, 0) is 58.4 Å². The fourth-order valence-electron chi connectivity index (χ4n) is 1.91. The third-order valence-electron chi connectivity index (χ3n) is 2.94. The largest absolute Gasteiger partial charge is 0.326 e. The molecule has 2 aromatic rings. The number of hydrogen-bond acceptors (Lipinski definition) is 4. The molecule has 0 fully saturated rings. The molecule has 3 N–H and O–H groups in total. The number of hydrogen-bond donors (Lipinski definition) is 2. The summed E-state index contributed by atoms with van der Waals surface area (Å²) in [7, 11) is -3.70. The van der Waals surface area contributed by atoms with Gasteiger partial charge < -0.3 is 5.73 Å². The summed E-state index contributed by atoms with van der Waals surface area (Å²) < 4.78 is 28.4. The molecule has 0 atom stereocenters. The highest BCUT2D eigenvalue weighted by molar-refractivity contribution is 9.10. The normalized spacial score (nSPS) is 11.7. The summed E-state index contributed by atoms with van der Waals surface area (Å²) >= 11 is 10.7. The molecule has 0 saturated carbocycles. The summed E-state index contributed by atoms with van der Waals surface area (Å²) in [4.78, 5) is 0.882. The van der Waals surface area contributed by atoms with E-state index < -0.39 is 10.0 Å². The number of thiophene rings is 1. The Labute approximate surface area is 141 Å². The first-order chi connectivity index (χ1) is 9.76. The van der Waals surface area contributed by atoms with Crippen LogP contribution in [0.25, 0.3) is 0 Å². The maximum atomic E-state index is 12.6. The molecule has 0 aliphatic heterocycles. The van der Waals surface area contributed by atoms with Gasteiger partial charge in [0.05, 0.1) is 5.69 Å². The number of sulfonamides is 1. The Balaban J connectivity index is 2.47. The van der Waals surface area contributed by atoms with E-state index in [1.165, 1.54) is 11.3 Å². The lowest BCUT2D eigenvalue weighted by Crippen LogP contribution is -2.16. The van der Waals surface area contributed by atoms with Crippen molar-refractivity contribution in [1.29, 1.82) is 0 Å². The molecule has 0 saturated heterocycles. The lowest BCUT2D eigenvalue weighted by Gasteiger charge is -2.12. The van der Waals surface area contributed by atoms with Crippen LogP contribution in [0.4, 0.5) is 5.69 Å². The molecule has 0 aliphatic carbocycles. The second-order valence-electron chi connectivity index (χ2n) is 4.56. The molecule has 0 spiro atoms. The van der Waals surface area contributed by atoms with Crippen molar-refractivity contribution in [3.63, 3.8) is 0 Å². The third-order valence-corrected chi connectivity index (χ3v) is 6.85. The SMILES string of the molecule is Cc1cc(Br)c(NS(=O)(=O)c2c(C)csc2CN)cc1Cl. The van der Waals surface area contributed by atoms with E-state index in [-0.39, 0.29) is 11.4 Å². The van der Waals surface area contributed by atoms with E-state index in [0.717, 1.165) is 5.56 Å². The smallest absolute Gasteiger partial charge is 0.263 e. The quantitative estimate of drug-likeness (QED) is 0.800. The van der Waals surface area contributed by atoms with Crippen molar-refractivity contribution in [1.82, 2.24) is 0 Å². The van der Waals surface area contributed by atoms with Gasteiger partial charge in [-0.2, -0.15) is 0 Å². The van der Waals surface area contributed by atoms with Gasteiger partial charge in [-0.15, -0.1) is 11.3 Å². The average Bonchev–Trinajstić information content (AvgIpc) is 2.77. The summed E-state index contributed by atoms with van der Waals surface area (Å²) in [6.07, 6.45) is 0. The summed E-state index contributed by atoms with van der Waals surface area (Å²) in [5.74, 6) is 0. The molecule has 21 heavy (non-hydrogen) atoms. The Bertz CT molecular complexity index is 788. The van der Waals surface area contributed by atoms with Crippen LogP contribution in [-0.2, 0) is 16.6 Å². The van der Waals surface area contributed by atoms with Gasteiger partial charge >= 0.3 is 0 Å². The van der Waals surface area contributed by atoms with Crippen LogP contribution in [-0.4, -0.2) is 8.42 Å². The first-order valence-corrected chi connectivity index (χ1v) is 9.55. The summed E-state index contributed by atoms with van der Waals surface area (Å²) in [5, 5.41) is 2.28. The predicted octanol–water partition coefficient (Wildman–Crippen LogP) is 4.04. The molecule has 1 aromatic carbocycles. The van der Waals surface area contributed by atoms with E-state index in [9.17, 15) is 8.42 Å². The van der Waals surface area contributed by atoms with Crippen LogP contribution in [0, 0.1) is 13.8 Å². The zero-order chi connectivity index (χ0) is 15.8. The monoisotopic (exact) mass is 408 g/mol. The van der Waals surface area contributed by atoms with Crippen LogP contribution >= 0.6 is 38.9 Å². The van der Waals surface area contributed by atoms with Crippen molar-refractivity contribution in [3.8, 4) is 0 Å². The minimum atomic E-state index is -3.70. The van der Waals surface area contributed by atoms with E-state index in [1.807, 2.05) is 6.92 Å². The maximum Gasteiger partial charge on any atom is 0.263 e. The average molecular weight is 410 g/mol. The number of anilines is 1. The Morgan fingerprint density at radius 2 is 2.00 bits per heavy atom. The molecular weight excluding hydrogens is 396 g/mol. The zero-order valence-electron chi connectivity index (χ0n) is 11.4. The molecule has 0 amide bonds. The lowest BCUT2D eigenvalue weighted by molar-refractivity contribution is 0.600. The molecule has 1 heterocycles. The van der Waals surface area contributed by atoms with Gasteiger partial charge in [-0.1, -0.05) is 11.6 Å². The van der Waals surface area contributed by atoms with Crippen molar-refractivity contribution < 1.29 is 8.42 Å². The number of nitrogens with one attached hydrogen (secondary N) is 1. The minimum Gasteiger partial charge on any atom is -0.326 e. The highest BCUT2D eigenvalue weighted by Gasteiger charge is 2.23. The molecule has 1 aromatic heterocycles. The summed E-state index contributed by atoms with van der Waals surface area (Å²) in [6.45, 7) is 3.78. The molecule has 0 aliphatic rings. The van der Waals surface area contributed by atoms with Crippen molar-refractivity contribution in [2.24, 2.45) is 5.73 Å². The molecule has 2 rings (SSSR count). The Kier molecular flexibility index (Phi) is 4.99. The Morgan fingerprint density at radius 3 is 2.62 bits per heavy atom. The molecule has 0 radical (unpaired) electrons. The van der Waals surface area contributed by atoms with E-state index in [1.54, 1.807) is 24.4 Å². The highest BCUT2D eigenvalue weighted by Crippen LogP contribution is 2.33. The number of aryl methyl sites for hydroxylation is 2. The van der Waals surface area contributed by atoms with Crippen LogP contribution < -0.4 is 10.5 Å². The molecule has 0 unspecified atom stereocenters. The van der Waals surface area contributed by atoms with Crippen LogP contribution in [0.15, 0.2) is 26.9 Å². The van der Waals surface area contributed by atoms with Crippen molar-refractivity contribution >= 4 is 54.6 Å². The van der Waals surface area contributed by atoms with Gasteiger partial charge in [0.25, 0.3) is 10.0 Å². The van der Waals surface area contributed by atoms with Gasteiger partial charge in [-0.3, -0.25) is 4.72 Å². The second-order valence-corrected chi connectivity index (χ2v) is 8.41. The number of halogens is 2. The number of nitrogens with two attached hydrogens (primary N) is 1. The van der Waals surface area contributed by atoms with Gasteiger partial charge in [0.2, 0.25) is 0 Å². The van der Waals surface area contributed by atoms with Crippen LogP contribution in [0.5, 0.6) is 0 Å². The van der Waals surface area contributed by atoms with E-state index in [4.69, 9.17) is 17.3 Å². The van der Waals surface area contributed by atoms with Gasteiger partial charge in [0.1, 0.15) is 4.90 Å². The maximum absolute atomic E-state index is 12.6. The fraction of sp³-hybridized carbons (Fsp3) is 0.231. The molecule has 8 heteroatoms. The van der Waals surface area contributed by atoms with Crippen LogP contribution in [0.3, 0.4) is 0 Å². The lowest BCUT2D eigenvalue weighted by atomic mass is 10.2. The van der Waals surface area contributed by atoms with Gasteiger partial charge in [-0.25, -0.2) is 8.42 Å². The highest BCUT2D eigenvalue weighted by atomic mass is 79.9. The number of rotatable bonds is 4. The topological polar surface area (TPSA) is 72.2 Å². The minimum absolute atomic E-state index is 0.185. The van der Waals surface area contributed by atoms with Crippen LogP contribution in [0.1, 0.15) is 16.0 Å². The first kappa shape index (κ1) is 16.8. The fourth-order valence-corrected chi connectivity index (χ4v) is 5.54. The Morgan fingerprint density at radius 1 is 1.33 bits per heavy atom. The first-order valence-electron chi connectivity index (χ1n) is 6.01. The van der Waals surface area contributed by atoms with Crippen molar-refractivity contribution in [2.45, 2.75) is 25.3 Å². The molecular formula is C13H14BrClN2O2S2. The van der Waals surface area contributed by atoms with Crippen LogP contribution in [0.2, 0.25) is 5.02 Å². The molecule has 4 nitrogen and oxygen atoms in total.